The van der Waals surface area contributed by atoms with Crippen molar-refractivity contribution < 1.29 is 32.8 Å². The van der Waals surface area contributed by atoms with Gasteiger partial charge in [0.15, 0.2) is 0 Å². The minimum atomic E-state index is -3.93. The molecule has 0 fully saturated rings. The molecule has 2 aromatic rings. The van der Waals surface area contributed by atoms with Gasteiger partial charge in [0.05, 0.1) is 25.5 Å². The van der Waals surface area contributed by atoms with Crippen molar-refractivity contribution in [3.8, 4) is 11.6 Å². The molecule has 0 atom stereocenters. The van der Waals surface area contributed by atoms with Crippen molar-refractivity contribution in [1.82, 2.24) is 9.71 Å². The Morgan fingerprint density at radius 2 is 2.00 bits per heavy atom. The number of amides is 1. The van der Waals surface area contributed by atoms with Crippen molar-refractivity contribution in [3.05, 3.63) is 52.2 Å². The molecule has 0 saturated carbocycles. The van der Waals surface area contributed by atoms with Gasteiger partial charge in [0.2, 0.25) is 15.9 Å². The van der Waals surface area contributed by atoms with E-state index in [1.54, 1.807) is 4.72 Å². The summed E-state index contributed by atoms with van der Waals surface area (Å²) >= 11 is 6.00. The molecule has 0 bridgehead atoms. The minimum Gasteiger partial charge on any atom is -0.487 e. The smallest absolute Gasteiger partial charge is 0.267 e. The van der Waals surface area contributed by atoms with Crippen molar-refractivity contribution in [2.45, 2.75) is 26.5 Å². The van der Waals surface area contributed by atoms with E-state index in [4.69, 9.17) is 22.4 Å². The molecule has 1 amide bonds. The maximum absolute atomic E-state index is 14.2. The summed E-state index contributed by atoms with van der Waals surface area (Å²) in [6.07, 6.45) is 0.682. The molecule has 0 radical (unpaired) electrons. The summed E-state index contributed by atoms with van der Waals surface area (Å²) < 4.78 is 70.2. The predicted octanol–water partition coefficient (Wildman–Crippen LogP) is 3.07. The lowest BCUT2D eigenvalue weighted by atomic mass is 10.1. The predicted molar refractivity (Wildman–Crippen MR) is 98.0 cm³/mol. The van der Waals surface area contributed by atoms with Crippen LogP contribution < -0.4 is 14.2 Å². The van der Waals surface area contributed by atoms with Crippen LogP contribution in [0.25, 0.3) is 0 Å². The fourth-order valence-corrected chi connectivity index (χ4v) is 2.65. The van der Waals surface area contributed by atoms with Crippen LogP contribution in [0.15, 0.2) is 24.4 Å². The molecule has 0 aliphatic heterocycles. The Bertz CT molecular complexity index is 1040. The Morgan fingerprint density at radius 3 is 2.57 bits per heavy atom. The third kappa shape index (κ3) is 6.03. The number of sulfonamides is 1. The number of nitrogens with zero attached hydrogens (tertiary/aromatic N) is 1. The van der Waals surface area contributed by atoms with Gasteiger partial charge in [0.25, 0.3) is 5.91 Å². The second-order valence-electron chi connectivity index (χ2n) is 5.88. The highest BCUT2D eigenvalue weighted by Gasteiger charge is 2.19. The van der Waals surface area contributed by atoms with Crippen LogP contribution in [0.5, 0.6) is 11.6 Å². The summed E-state index contributed by atoms with van der Waals surface area (Å²) in [7, 11) is -3.93. The van der Waals surface area contributed by atoms with Gasteiger partial charge in [0.1, 0.15) is 29.0 Å². The third-order valence-corrected chi connectivity index (χ3v) is 3.96. The van der Waals surface area contributed by atoms with E-state index in [0.29, 0.717) is 12.3 Å². The van der Waals surface area contributed by atoms with Crippen molar-refractivity contribution in [1.29, 1.82) is 0 Å². The first kappa shape index (κ1) is 20.3. The van der Waals surface area contributed by atoms with Crippen LogP contribution in [0.4, 0.5) is 8.78 Å². The highest BCUT2D eigenvalue weighted by molar-refractivity contribution is 7.89. The number of hydrogen-bond acceptors (Lipinski definition) is 6. The Labute approximate surface area is 167 Å². The first-order valence-corrected chi connectivity index (χ1v) is 9.99. The molecule has 1 heterocycles. The first-order valence-electron chi connectivity index (χ1n) is 8.22. The molecular weight excluding hydrogens is 418 g/mol. The molecule has 0 spiro atoms. The SMILES string of the molecule is [2H]C(C)(C)Oc1ncc(OCc2cc(F)c(C(=O)NS(C)(=O)=O)cc2F)cc1Cl. The monoisotopic (exact) mass is 435 g/mol. The molecule has 0 saturated heterocycles. The molecule has 152 valence electrons. The van der Waals surface area contributed by atoms with E-state index in [9.17, 15) is 22.0 Å². The molecule has 28 heavy (non-hydrogen) atoms. The molecule has 11 heteroatoms. The quantitative estimate of drug-likeness (QED) is 0.718. The van der Waals surface area contributed by atoms with Crippen LogP contribution in [0, 0.1) is 11.6 Å². The number of rotatable bonds is 7. The van der Waals surface area contributed by atoms with Crippen LogP contribution in [-0.4, -0.2) is 31.6 Å². The van der Waals surface area contributed by atoms with Gasteiger partial charge in [0, 0.05) is 11.6 Å². The lowest BCUT2D eigenvalue weighted by Crippen LogP contribution is -2.30. The van der Waals surface area contributed by atoms with E-state index in [1.165, 1.54) is 26.1 Å². The number of carbonyl (C=O) groups excluding carboxylic acids is 1. The van der Waals surface area contributed by atoms with Gasteiger partial charge < -0.3 is 9.47 Å². The van der Waals surface area contributed by atoms with Crippen LogP contribution in [0.3, 0.4) is 0 Å². The summed E-state index contributed by atoms with van der Waals surface area (Å²) in [4.78, 5) is 15.6. The number of nitrogens with one attached hydrogen (secondary N) is 1. The van der Waals surface area contributed by atoms with E-state index in [1.807, 2.05) is 0 Å². The Kier molecular flexibility index (Phi) is 6.30. The third-order valence-electron chi connectivity index (χ3n) is 3.14. The second kappa shape index (κ2) is 8.70. The molecule has 0 unspecified atom stereocenters. The maximum Gasteiger partial charge on any atom is 0.267 e. The average Bonchev–Trinajstić information content (AvgIpc) is 2.54. The Balaban J connectivity index is 2.14. The largest absolute Gasteiger partial charge is 0.487 e. The normalized spacial score (nSPS) is 12.3. The van der Waals surface area contributed by atoms with Crippen LogP contribution >= 0.6 is 11.6 Å². The number of halogens is 3. The van der Waals surface area contributed by atoms with Gasteiger partial charge in [-0.05, 0) is 26.0 Å². The summed E-state index contributed by atoms with van der Waals surface area (Å²) in [5.74, 6) is -3.25. The molecule has 0 aliphatic carbocycles. The molecule has 1 N–H and O–H groups in total. The van der Waals surface area contributed by atoms with Crippen molar-refractivity contribution >= 4 is 27.5 Å². The summed E-state index contributed by atoms with van der Waals surface area (Å²) in [5.41, 5.74) is -0.983. The van der Waals surface area contributed by atoms with E-state index in [-0.39, 0.29) is 22.2 Å². The minimum absolute atomic E-state index is 0.0116. The average molecular weight is 436 g/mol. The van der Waals surface area contributed by atoms with Gasteiger partial charge in [-0.2, -0.15) is 0 Å². The zero-order valence-corrected chi connectivity index (χ0v) is 16.6. The summed E-state index contributed by atoms with van der Waals surface area (Å²) in [6, 6.07) is 2.63. The van der Waals surface area contributed by atoms with Crippen molar-refractivity contribution in [2.75, 3.05) is 6.26 Å². The standard InChI is InChI=1S/C17H17ClF2N2O5S/c1-9(2)27-17-13(18)5-11(7-21-17)26-8-10-4-15(20)12(6-14(10)19)16(23)22-28(3,24)25/h4-7,9H,8H2,1-3H3,(H,22,23)/i9D. The van der Waals surface area contributed by atoms with Crippen molar-refractivity contribution in [2.24, 2.45) is 0 Å². The Hall–Kier alpha value is -2.46. The van der Waals surface area contributed by atoms with Gasteiger partial charge in [-0.15, -0.1) is 0 Å². The van der Waals surface area contributed by atoms with E-state index in [0.717, 1.165) is 6.07 Å². The number of hydrogen-bond donors (Lipinski definition) is 1. The lowest BCUT2D eigenvalue weighted by Gasteiger charge is -2.12. The van der Waals surface area contributed by atoms with Gasteiger partial charge in [-0.3, -0.25) is 4.79 Å². The number of carbonyl (C=O) groups is 1. The number of aromatic nitrogens is 1. The first-order chi connectivity index (χ1) is 13.2. The van der Waals surface area contributed by atoms with Crippen LogP contribution in [0.2, 0.25) is 5.02 Å². The molecular formula is C17H17ClF2N2O5S. The zero-order chi connectivity index (χ0) is 22.0. The maximum atomic E-state index is 14.2. The fourth-order valence-electron chi connectivity index (χ4n) is 2.01. The number of pyridine rings is 1. The van der Waals surface area contributed by atoms with E-state index >= 15 is 0 Å². The molecule has 2 rings (SSSR count). The number of benzene rings is 1. The van der Waals surface area contributed by atoms with Crippen molar-refractivity contribution in [3.63, 3.8) is 0 Å². The van der Waals surface area contributed by atoms with Gasteiger partial charge >= 0.3 is 0 Å². The van der Waals surface area contributed by atoms with E-state index in [2.05, 4.69) is 4.98 Å². The highest BCUT2D eigenvalue weighted by atomic mass is 35.5. The number of ether oxygens (including phenoxy) is 2. The van der Waals surface area contributed by atoms with E-state index < -0.39 is 45.8 Å². The lowest BCUT2D eigenvalue weighted by molar-refractivity contribution is 0.0977. The second-order valence-corrected chi connectivity index (χ2v) is 8.04. The highest BCUT2D eigenvalue weighted by Crippen LogP contribution is 2.27. The topological polar surface area (TPSA) is 94.6 Å². The van der Waals surface area contributed by atoms with Gasteiger partial charge in [-0.1, -0.05) is 11.6 Å². The summed E-state index contributed by atoms with van der Waals surface area (Å²) in [6.45, 7) is 2.57. The fraction of sp³-hybridized carbons (Fsp3) is 0.294. The molecule has 1 aromatic carbocycles. The summed E-state index contributed by atoms with van der Waals surface area (Å²) in [5, 5.41) is 0.0577. The molecule has 0 aliphatic rings. The van der Waals surface area contributed by atoms with Crippen LogP contribution in [0.1, 0.15) is 31.1 Å². The zero-order valence-electron chi connectivity index (χ0n) is 16.0. The molecule has 7 nitrogen and oxygen atoms in total. The van der Waals surface area contributed by atoms with Gasteiger partial charge in [-0.25, -0.2) is 26.9 Å². The Morgan fingerprint density at radius 1 is 1.32 bits per heavy atom. The molecule has 1 aromatic heterocycles. The van der Waals surface area contributed by atoms with Crippen LogP contribution in [-0.2, 0) is 16.6 Å².